The van der Waals surface area contributed by atoms with Crippen LogP contribution in [-0.4, -0.2) is 20.9 Å². The summed E-state index contributed by atoms with van der Waals surface area (Å²) in [4.78, 5) is 11.6. The summed E-state index contributed by atoms with van der Waals surface area (Å²) in [6.07, 6.45) is 0.0951. The van der Waals surface area contributed by atoms with Crippen LogP contribution < -0.4 is 10.0 Å². The van der Waals surface area contributed by atoms with Crippen molar-refractivity contribution in [2.75, 3.05) is 11.9 Å². The Hall–Kier alpha value is -2.39. The number of carbonyl (C=O) groups excluding carboxylic acids is 1. The fraction of sp³-hybridized carbons (Fsp3) is 0.188. The van der Waals surface area contributed by atoms with Crippen LogP contribution in [0.1, 0.15) is 12.8 Å². The van der Waals surface area contributed by atoms with Crippen molar-refractivity contribution < 1.29 is 26.4 Å². The van der Waals surface area contributed by atoms with Crippen molar-refractivity contribution in [2.45, 2.75) is 17.7 Å². The first-order valence-corrected chi connectivity index (χ1v) is 8.76. The van der Waals surface area contributed by atoms with E-state index in [1.165, 1.54) is 0 Å². The molecule has 0 aromatic heterocycles. The third kappa shape index (κ3) is 5.57. The van der Waals surface area contributed by atoms with E-state index in [1.807, 2.05) is 0 Å². The number of hydrogen-bond acceptors (Lipinski definition) is 3. The van der Waals surface area contributed by atoms with Crippen LogP contribution >= 0.6 is 0 Å². The van der Waals surface area contributed by atoms with Gasteiger partial charge >= 0.3 is 0 Å². The fourth-order valence-corrected chi connectivity index (χ4v) is 3.03. The Bertz CT molecular complexity index is 855. The van der Waals surface area contributed by atoms with Crippen LogP contribution in [0.3, 0.4) is 0 Å². The van der Waals surface area contributed by atoms with Crippen LogP contribution in [0.2, 0.25) is 0 Å². The van der Waals surface area contributed by atoms with Crippen LogP contribution in [0.25, 0.3) is 0 Å². The van der Waals surface area contributed by atoms with Gasteiger partial charge in [0.15, 0.2) is 0 Å². The predicted octanol–water partition coefficient (Wildman–Crippen LogP) is 2.80. The van der Waals surface area contributed by atoms with Gasteiger partial charge in [-0.05, 0) is 42.8 Å². The number of anilines is 1. The summed E-state index contributed by atoms with van der Waals surface area (Å²) in [5.41, 5.74) is -0.154. The van der Waals surface area contributed by atoms with Crippen LogP contribution in [0.5, 0.6) is 0 Å². The molecule has 0 heterocycles. The lowest BCUT2D eigenvalue weighted by molar-refractivity contribution is -0.116. The summed E-state index contributed by atoms with van der Waals surface area (Å²) in [7, 11) is -3.80. The van der Waals surface area contributed by atoms with Gasteiger partial charge in [-0.25, -0.2) is 26.3 Å². The monoisotopic (exact) mass is 372 g/mol. The fourth-order valence-electron chi connectivity index (χ4n) is 1.96. The van der Waals surface area contributed by atoms with Crippen molar-refractivity contribution in [1.82, 2.24) is 4.72 Å². The number of carbonyl (C=O) groups is 1. The van der Waals surface area contributed by atoms with Gasteiger partial charge in [0.25, 0.3) is 0 Å². The van der Waals surface area contributed by atoms with Gasteiger partial charge in [0.05, 0.1) is 10.6 Å². The van der Waals surface area contributed by atoms with E-state index in [0.717, 1.165) is 36.4 Å². The van der Waals surface area contributed by atoms with E-state index in [2.05, 4.69) is 10.0 Å². The molecule has 0 atom stereocenters. The summed E-state index contributed by atoms with van der Waals surface area (Å²) in [6.45, 7) is -0.0287. The van der Waals surface area contributed by atoms with Crippen molar-refractivity contribution in [3.63, 3.8) is 0 Å². The molecule has 134 valence electrons. The quantitative estimate of drug-likeness (QED) is 0.734. The Morgan fingerprint density at radius 2 is 1.60 bits per heavy atom. The summed E-state index contributed by atoms with van der Waals surface area (Å²) in [6, 6.07) is 7.06. The molecule has 0 radical (unpaired) electrons. The Labute approximate surface area is 142 Å². The van der Waals surface area contributed by atoms with E-state index in [9.17, 15) is 26.4 Å². The van der Waals surface area contributed by atoms with Crippen molar-refractivity contribution >= 4 is 21.6 Å². The lowest BCUT2D eigenvalue weighted by Crippen LogP contribution is -2.25. The average molecular weight is 372 g/mol. The maximum atomic E-state index is 13.4. The van der Waals surface area contributed by atoms with Gasteiger partial charge in [-0.3, -0.25) is 4.79 Å². The summed E-state index contributed by atoms with van der Waals surface area (Å²) in [5.74, 6) is -2.74. The third-order valence-corrected chi connectivity index (χ3v) is 4.68. The number of sulfonamides is 1. The van der Waals surface area contributed by atoms with Gasteiger partial charge in [-0.1, -0.05) is 0 Å². The molecule has 0 aliphatic rings. The molecule has 1 amide bonds. The van der Waals surface area contributed by atoms with E-state index in [-0.39, 0.29) is 30.0 Å². The largest absolute Gasteiger partial charge is 0.324 e. The average Bonchev–Trinajstić information content (AvgIpc) is 2.55. The number of nitrogens with one attached hydrogen (secondary N) is 2. The number of benzene rings is 2. The zero-order valence-electron chi connectivity index (χ0n) is 12.9. The number of amides is 1. The minimum atomic E-state index is -3.80. The molecule has 0 unspecified atom stereocenters. The Morgan fingerprint density at radius 1 is 0.960 bits per heavy atom. The highest BCUT2D eigenvalue weighted by Crippen LogP contribution is 2.15. The maximum Gasteiger partial charge on any atom is 0.240 e. The second kappa shape index (κ2) is 8.13. The Balaban J connectivity index is 1.80. The van der Waals surface area contributed by atoms with Gasteiger partial charge in [-0.15, -0.1) is 0 Å². The van der Waals surface area contributed by atoms with Crippen LogP contribution in [0, 0.1) is 17.5 Å². The first-order valence-electron chi connectivity index (χ1n) is 7.28. The van der Waals surface area contributed by atoms with E-state index < -0.39 is 33.4 Å². The topological polar surface area (TPSA) is 75.3 Å². The first-order chi connectivity index (χ1) is 11.8. The lowest BCUT2D eigenvalue weighted by atomic mass is 10.2. The second-order valence-electron chi connectivity index (χ2n) is 5.13. The van der Waals surface area contributed by atoms with Crippen molar-refractivity contribution in [2.24, 2.45) is 0 Å². The zero-order valence-corrected chi connectivity index (χ0v) is 13.7. The van der Waals surface area contributed by atoms with Gasteiger partial charge < -0.3 is 5.32 Å². The molecule has 2 N–H and O–H groups in total. The summed E-state index contributed by atoms with van der Waals surface area (Å²) >= 11 is 0. The SMILES string of the molecule is O=C(CCCNS(=O)(=O)c1ccc(F)cc1)Nc1ccc(F)cc1F. The van der Waals surface area contributed by atoms with Gasteiger partial charge in [0.2, 0.25) is 15.9 Å². The number of rotatable bonds is 7. The highest BCUT2D eigenvalue weighted by molar-refractivity contribution is 7.89. The molecule has 9 heteroatoms. The van der Waals surface area contributed by atoms with Crippen molar-refractivity contribution in [3.8, 4) is 0 Å². The normalized spacial score (nSPS) is 11.3. The zero-order chi connectivity index (χ0) is 18.4. The number of halogens is 3. The minimum absolute atomic E-state index is 0.0287. The molecular formula is C16H15F3N2O3S. The molecule has 25 heavy (non-hydrogen) atoms. The molecular weight excluding hydrogens is 357 g/mol. The van der Waals surface area contributed by atoms with Crippen LogP contribution in [0.4, 0.5) is 18.9 Å². The minimum Gasteiger partial charge on any atom is -0.324 e. The molecule has 0 spiro atoms. The standard InChI is InChI=1S/C16H15F3N2O3S/c17-11-3-6-13(7-4-11)25(23,24)20-9-1-2-16(22)21-15-8-5-12(18)10-14(15)19/h3-8,10,20H,1-2,9H2,(H,21,22). The molecule has 0 aliphatic heterocycles. The van der Waals surface area contributed by atoms with Crippen molar-refractivity contribution in [3.05, 3.63) is 59.9 Å². The molecule has 2 aromatic carbocycles. The summed E-state index contributed by atoms with van der Waals surface area (Å²) < 4.78 is 65.1. The van der Waals surface area contributed by atoms with Gasteiger partial charge in [-0.2, -0.15) is 0 Å². The van der Waals surface area contributed by atoms with E-state index in [0.29, 0.717) is 6.07 Å². The smallest absolute Gasteiger partial charge is 0.240 e. The molecule has 0 saturated carbocycles. The lowest BCUT2D eigenvalue weighted by Gasteiger charge is -2.08. The predicted molar refractivity (Wildman–Crippen MR) is 85.8 cm³/mol. The second-order valence-corrected chi connectivity index (χ2v) is 6.89. The molecule has 2 aromatic rings. The van der Waals surface area contributed by atoms with Crippen LogP contribution in [0.15, 0.2) is 47.4 Å². The molecule has 5 nitrogen and oxygen atoms in total. The van der Waals surface area contributed by atoms with Crippen LogP contribution in [-0.2, 0) is 14.8 Å². The molecule has 0 aliphatic carbocycles. The molecule has 0 saturated heterocycles. The van der Waals surface area contributed by atoms with E-state index >= 15 is 0 Å². The highest BCUT2D eigenvalue weighted by Gasteiger charge is 2.14. The summed E-state index contributed by atoms with van der Waals surface area (Å²) in [5, 5.41) is 2.27. The van der Waals surface area contributed by atoms with Gasteiger partial charge in [0, 0.05) is 19.0 Å². The van der Waals surface area contributed by atoms with E-state index in [4.69, 9.17) is 0 Å². The third-order valence-electron chi connectivity index (χ3n) is 3.20. The molecule has 0 fully saturated rings. The van der Waals surface area contributed by atoms with E-state index in [1.54, 1.807) is 0 Å². The van der Waals surface area contributed by atoms with Crippen molar-refractivity contribution in [1.29, 1.82) is 0 Å². The van der Waals surface area contributed by atoms with Gasteiger partial charge in [0.1, 0.15) is 17.5 Å². The molecule has 2 rings (SSSR count). The first kappa shape index (κ1) is 18.9. The Kier molecular flexibility index (Phi) is 6.16. The highest BCUT2D eigenvalue weighted by atomic mass is 32.2. The Morgan fingerprint density at radius 3 is 2.24 bits per heavy atom. The maximum absolute atomic E-state index is 13.4. The number of hydrogen-bond donors (Lipinski definition) is 2. The molecule has 0 bridgehead atoms.